The summed E-state index contributed by atoms with van der Waals surface area (Å²) in [6, 6.07) is 0. The minimum Gasteiger partial charge on any atom is -0.376 e. The van der Waals surface area contributed by atoms with E-state index in [1.54, 1.807) is 0 Å². The van der Waals surface area contributed by atoms with E-state index in [2.05, 4.69) is 10.6 Å². The highest BCUT2D eigenvalue weighted by molar-refractivity contribution is 5.83. The van der Waals surface area contributed by atoms with Crippen molar-refractivity contribution in [2.45, 2.75) is 25.9 Å². The Morgan fingerprint density at radius 2 is 2.21 bits per heavy atom. The van der Waals surface area contributed by atoms with E-state index in [4.69, 9.17) is 4.74 Å². The lowest BCUT2D eigenvalue weighted by Gasteiger charge is -2.10. The van der Waals surface area contributed by atoms with Crippen LogP contribution in [0.15, 0.2) is 0 Å². The molecule has 1 aliphatic rings. The molecule has 0 aliphatic carbocycles. The van der Waals surface area contributed by atoms with Gasteiger partial charge in [-0.15, -0.1) is 0 Å². The lowest BCUT2D eigenvalue weighted by Crippen LogP contribution is -2.39. The topological polar surface area (TPSA) is 67.4 Å². The van der Waals surface area contributed by atoms with E-state index >= 15 is 0 Å². The summed E-state index contributed by atoms with van der Waals surface area (Å²) in [7, 11) is 0. The number of hydrogen-bond donors (Lipinski definition) is 2. The number of ether oxygens (including phenoxy) is 1. The average Bonchev–Trinajstić information content (AvgIpc) is 2.63. The summed E-state index contributed by atoms with van der Waals surface area (Å²) in [6.45, 7) is 2.75. The van der Waals surface area contributed by atoms with Gasteiger partial charge in [0.2, 0.25) is 11.8 Å². The highest BCUT2D eigenvalue weighted by Crippen LogP contribution is 2.10. The first-order valence-corrected chi connectivity index (χ1v) is 4.81. The number of amides is 2. The standard InChI is InChI=1S/C9H16N2O3/c1-7(12)10-6-9(13)11-5-8-3-2-4-14-8/h8H,2-6H2,1H3,(H,10,12)(H,11,13). The van der Waals surface area contributed by atoms with Crippen LogP contribution in [0.4, 0.5) is 0 Å². The smallest absolute Gasteiger partial charge is 0.239 e. The Morgan fingerprint density at radius 1 is 1.43 bits per heavy atom. The average molecular weight is 200 g/mol. The molecule has 0 bridgehead atoms. The van der Waals surface area contributed by atoms with Gasteiger partial charge in [0.05, 0.1) is 12.6 Å². The number of rotatable bonds is 4. The molecule has 1 heterocycles. The van der Waals surface area contributed by atoms with Crippen molar-refractivity contribution >= 4 is 11.8 Å². The van der Waals surface area contributed by atoms with E-state index in [9.17, 15) is 9.59 Å². The molecule has 0 saturated carbocycles. The molecule has 14 heavy (non-hydrogen) atoms. The maximum absolute atomic E-state index is 11.1. The normalized spacial score (nSPS) is 20.5. The number of carbonyl (C=O) groups excluding carboxylic acids is 2. The first-order chi connectivity index (χ1) is 6.68. The van der Waals surface area contributed by atoms with Crippen molar-refractivity contribution < 1.29 is 14.3 Å². The van der Waals surface area contributed by atoms with Gasteiger partial charge in [0.15, 0.2) is 0 Å². The van der Waals surface area contributed by atoms with E-state index < -0.39 is 0 Å². The van der Waals surface area contributed by atoms with Crippen molar-refractivity contribution in [2.24, 2.45) is 0 Å². The fourth-order valence-electron chi connectivity index (χ4n) is 1.30. The van der Waals surface area contributed by atoms with Crippen LogP contribution in [0.2, 0.25) is 0 Å². The van der Waals surface area contributed by atoms with Gasteiger partial charge in [0, 0.05) is 20.1 Å². The van der Waals surface area contributed by atoms with Gasteiger partial charge in [0.25, 0.3) is 0 Å². The molecule has 1 atom stereocenters. The predicted octanol–water partition coefficient (Wildman–Crippen LogP) is -0.582. The zero-order valence-corrected chi connectivity index (χ0v) is 8.34. The van der Waals surface area contributed by atoms with Crippen LogP contribution in [0.1, 0.15) is 19.8 Å². The van der Waals surface area contributed by atoms with Crippen LogP contribution >= 0.6 is 0 Å². The maximum Gasteiger partial charge on any atom is 0.239 e. The van der Waals surface area contributed by atoms with Gasteiger partial charge >= 0.3 is 0 Å². The Kier molecular flexibility index (Phi) is 4.39. The van der Waals surface area contributed by atoms with Gasteiger partial charge in [-0.05, 0) is 12.8 Å². The first kappa shape index (κ1) is 11.0. The van der Waals surface area contributed by atoms with Crippen molar-refractivity contribution in [1.82, 2.24) is 10.6 Å². The van der Waals surface area contributed by atoms with Crippen LogP contribution in [0.25, 0.3) is 0 Å². The van der Waals surface area contributed by atoms with Crippen molar-refractivity contribution in [3.05, 3.63) is 0 Å². The third kappa shape index (κ3) is 4.23. The van der Waals surface area contributed by atoms with Crippen LogP contribution < -0.4 is 10.6 Å². The van der Waals surface area contributed by atoms with Gasteiger partial charge in [-0.3, -0.25) is 9.59 Å². The second-order valence-electron chi connectivity index (χ2n) is 3.35. The van der Waals surface area contributed by atoms with Crippen molar-refractivity contribution in [1.29, 1.82) is 0 Å². The van der Waals surface area contributed by atoms with Gasteiger partial charge < -0.3 is 15.4 Å². The zero-order valence-electron chi connectivity index (χ0n) is 8.34. The summed E-state index contributed by atoms with van der Waals surface area (Å²) in [6.07, 6.45) is 2.21. The fourth-order valence-corrected chi connectivity index (χ4v) is 1.30. The SMILES string of the molecule is CC(=O)NCC(=O)NCC1CCCO1. The molecule has 0 aromatic heterocycles. The quantitative estimate of drug-likeness (QED) is 0.638. The van der Waals surface area contributed by atoms with Crippen LogP contribution in [0, 0.1) is 0 Å². The Labute approximate surface area is 83.2 Å². The molecule has 1 unspecified atom stereocenters. The molecule has 0 radical (unpaired) electrons. The minimum atomic E-state index is -0.197. The third-order valence-corrected chi connectivity index (χ3v) is 2.05. The largest absolute Gasteiger partial charge is 0.376 e. The third-order valence-electron chi connectivity index (χ3n) is 2.05. The molecule has 80 valence electrons. The zero-order chi connectivity index (χ0) is 10.4. The molecule has 0 aromatic rings. The highest BCUT2D eigenvalue weighted by atomic mass is 16.5. The van der Waals surface area contributed by atoms with E-state index in [1.807, 2.05) is 0 Å². The summed E-state index contributed by atoms with van der Waals surface area (Å²) in [5, 5.41) is 5.13. The maximum atomic E-state index is 11.1. The summed E-state index contributed by atoms with van der Waals surface area (Å²) in [5.74, 6) is -0.368. The molecule has 5 heteroatoms. The monoisotopic (exact) mass is 200 g/mol. The summed E-state index contributed by atoms with van der Waals surface area (Å²) < 4.78 is 5.33. The Hall–Kier alpha value is -1.10. The number of nitrogens with one attached hydrogen (secondary N) is 2. The summed E-state index contributed by atoms with van der Waals surface area (Å²) >= 11 is 0. The minimum absolute atomic E-state index is 0.0437. The molecule has 1 rings (SSSR count). The second-order valence-corrected chi connectivity index (χ2v) is 3.35. The van der Waals surface area contributed by atoms with Crippen LogP contribution in [-0.2, 0) is 14.3 Å². The second kappa shape index (κ2) is 5.59. The van der Waals surface area contributed by atoms with E-state index in [1.165, 1.54) is 6.92 Å². The van der Waals surface area contributed by atoms with E-state index in [0.717, 1.165) is 19.4 Å². The fraction of sp³-hybridized carbons (Fsp3) is 0.778. The van der Waals surface area contributed by atoms with Crippen molar-refractivity contribution in [3.8, 4) is 0 Å². The molecular formula is C9H16N2O3. The van der Waals surface area contributed by atoms with Crippen molar-refractivity contribution in [3.63, 3.8) is 0 Å². The first-order valence-electron chi connectivity index (χ1n) is 4.81. The molecule has 2 N–H and O–H groups in total. The lowest BCUT2D eigenvalue weighted by molar-refractivity contribution is -0.125. The van der Waals surface area contributed by atoms with E-state index in [-0.39, 0.29) is 24.5 Å². The molecule has 1 saturated heterocycles. The van der Waals surface area contributed by atoms with Gasteiger partial charge in [-0.25, -0.2) is 0 Å². The molecule has 2 amide bonds. The van der Waals surface area contributed by atoms with Crippen LogP contribution in [0.3, 0.4) is 0 Å². The predicted molar refractivity (Wildman–Crippen MR) is 50.7 cm³/mol. The summed E-state index contributed by atoms with van der Waals surface area (Å²) in [4.78, 5) is 21.6. The number of hydrogen-bond acceptors (Lipinski definition) is 3. The Morgan fingerprint density at radius 3 is 2.79 bits per heavy atom. The van der Waals surface area contributed by atoms with Gasteiger partial charge in [0.1, 0.15) is 0 Å². The highest BCUT2D eigenvalue weighted by Gasteiger charge is 2.15. The Bertz CT molecular complexity index is 212. The van der Waals surface area contributed by atoms with Gasteiger partial charge in [-0.2, -0.15) is 0 Å². The van der Waals surface area contributed by atoms with Crippen LogP contribution in [0.5, 0.6) is 0 Å². The molecule has 1 fully saturated rings. The number of carbonyl (C=O) groups is 2. The molecular weight excluding hydrogens is 184 g/mol. The van der Waals surface area contributed by atoms with Gasteiger partial charge in [-0.1, -0.05) is 0 Å². The lowest BCUT2D eigenvalue weighted by atomic mass is 10.2. The summed E-state index contributed by atoms with van der Waals surface area (Å²) in [5.41, 5.74) is 0. The Balaban J connectivity index is 2.05. The molecule has 1 aliphatic heterocycles. The molecule has 0 spiro atoms. The van der Waals surface area contributed by atoms with E-state index in [0.29, 0.717) is 6.54 Å². The van der Waals surface area contributed by atoms with Crippen LogP contribution in [-0.4, -0.2) is 37.6 Å². The molecule has 5 nitrogen and oxygen atoms in total. The van der Waals surface area contributed by atoms with Crippen molar-refractivity contribution in [2.75, 3.05) is 19.7 Å². The molecule has 0 aromatic carbocycles.